The molecule has 86 valence electrons. The lowest BCUT2D eigenvalue weighted by Gasteiger charge is -2.03. The van der Waals surface area contributed by atoms with Crippen LogP contribution in [0.25, 0.3) is 6.08 Å². The van der Waals surface area contributed by atoms with Gasteiger partial charge in [-0.1, -0.05) is 0 Å². The summed E-state index contributed by atoms with van der Waals surface area (Å²) in [7, 11) is 0. The van der Waals surface area contributed by atoms with Crippen molar-refractivity contribution >= 4 is 17.9 Å². The highest BCUT2D eigenvalue weighted by molar-refractivity contribution is 5.86. The summed E-state index contributed by atoms with van der Waals surface area (Å²) in [4.78, 5) is 20.7. The first-order valence-corrected chi connectivity index (χ1v) is 4.62. The number of carbonyl (C=O) groups is 1. The van der Waals surface area contributed by atoms with E-state index in [-0.39, 0.29) is 17.7 Å². The van der Waals surface area contributed by atoms with Gasteiger partial charge in [-0.05, 0) is 26.0 Å². The molecule has 0 aromatic carbocycles. The number of rotatable bonds is 4. The van der Waals surface area contributed by atoms with Crippen molar-refractivity contribution in [2.45, 2.75) is 20.0 Å². The largest absolute Gasteiger partial charge is 0.460 e. The van der Waals surface area contributed by atoms with Gasteiger partial charge in [-0.25, -0.2) is 4.79 Å². The molecule has 0 aliphatic heterocycles. The maximum atomic E-state index is 11.1. The molecule has 0 N–H and O–H groups in total. The topological polar surface area (TPSA) is 82.6 Å². The molecule has 0 saturated heterocycles. The second-order valence-corrected chi connectivity index (χ2v) is 3.25. The van der Waals surface area contributed by atoms with Gasteiger partial charge in [-0.2, -0.15) is 0 Å². The van der Waals surface area contributed by atoms with Gasteiger partial charge in [-0.3, -0.25) is 10.1 Å². The van der Waals surface area contributed by atoms with Crippen molar-refractivity contribution in [3.63, 3.8) is 0 Å². The SMILES string of the molecule is CC(C)OC(=O)C=Cc1ccc([N+](=O)[O-])o1. The van der Waals surface area contributed by atoms with Gasteiger partial charge in [0.15, 0.2) is 0 Å². The Morgan fingerprint density at radius 2 is 2.25 bits per heavy atom. The number of carbonyl (C=O) groups excluding carboxylic acids is 1. The minimum Gasteiger partial charge on any atom is -0.460 e. The average Bonchev–Trinajstić information content (AvgIpc) is 2.61. The molecule has 0 bridgehead atoms. The molecule has 0 radical (unpaired) electrons. The molecule has 0 aliphatic rings. The predicted octanol–water partition coefficient (Wildman–Crippen LogP) is 2.15. The number of hydrogen-bond acceptors (Lipinski definition) is 5. The molecule has 0 amide bonds. The summed E-state index contributed by atoms with van der Waals surface area (Å²) >= 11 is 0. The van der Waals surface area contributed by atoms with Crippen molar-refractivity contribution in [1.82, 2.24) is 0 Å². The zero-order valence-electron chi connectivity index (χ0n) is 8.88. The minimum absolute atomic E-state index is 0.205. The predicted molar refractivity (Wildman–Crippen MR) is 55.6 cm³/mol. The van der Waals surface area contributed by atoms with E-state index in [4.69, 9.17) is 9.15 Å². The third-order valence-corrected chi connectivity index (χ3v) is 1.53. The van der Waals surface area contributed by atoms with E-state index in [1.165, 1.54) is 18.2 Å². The number of nitro groups is 1. The van der Waals surface area contributed by atoms with Gasteiger partial charge in [0.05, 0.1) is 12.2 Å². The van der Waals surface area contributed by atoms with Crippen LogP contribution < -0.4 is 0 Å². The van der Waals surface area contributed by atoms with Crippen LogP contribution in [-0.4, -0.2) is 17.0 Å². The lowest BCUT2D eigenvalue weighted by molar-refractivity contribution is -0.402. The fraction of sp³-hybridized carbons (Fsp3) is 0.300. The van der Waals surface area contributed by atoms with Crippen molar-refractivity contribution in [1.29, 1.82) is 0 Å². The summed E-state index contributed by atoms with van der Waals surface area (Å²) in [5, 5.41) is 10.3. The number of hydrogen-bond donors (Lipinski definition) is 0. The van der Waals surface area contributed by atoms with Gasteiger partial charge < -0.3 is 9.15 Å². The monoisotopic (exact) mass is 225 g/mol. The van der Waals surface area contributed by atoms with Crippen molar-refractivity contribution < 1.29 is 18.9 Å². The normalized spacial score (nSPS) is 10.9. The lowest BCUT2D eigenvalue weighted by atomic mass is 10.4. The van der Waals surface area contributed by atoms with Gasteiger partial charge in [0.2, 0.25) is 0 Å². The molecule has 0 aliphatic carbocycles. The van der Waals surface area contributed by atoms with Crippen LogP contribution in [0.3, 0.4) is 0 Å². The Kier molecular flexibility index (Phi) is 3.82. The molecule has 1 aromatic rings. The first kappa shape index (κ1) is 12.0. The molecule has 1 aromatic heterocycles. The van der Waals surface area contributed by atoms with Gasteiger partial charge in [0, 0.05) is 6.08 Å². The second-order valence-electron chi connectivity index (χ2n) is 3.25. The third kappa shape index (κ3) is 3.56. The number of ether oxygens (including phenoxy) is 1. The van der Waals surface area contributed by atoms with E-state index in [1.807, 2.05) is 0 Å². The summed E-state index contributed by atoms with van der Waals surface area (Å²) in [5.74, 6) is -0.654. The summed E-state index contributed by atoms with van der Waals surface area (Å²) in [6, 6.07) is 2.62. The van der Waals surface area contributed by atoms with Crippen molar-refractivity contribution in [2.75, 3.05) is 0 Å². The molecular weight excluding hydrogens is 214 g/mol. The van der Waals surface area contributed by atoms with Crippen molar-refractivity contribution in [3.8, 4) is 0 Å². The number of furan rings is 1. The fourth-order valence-corrected chi connectivity index (χ4v) is 0.952. The molecule has 6 heteroatoms. The Labute approximate surface area is 91.7 Å². The maximum absolute atomic E-state index is 11.1. The highest BCUT2D eigenvalue weighted by atomic mass is 16.6. The van der Waals surface area contributed by atoms with E-state index in [9.17, 15) is 14.9 Å². The second kappa shape index (κ2) is 5.11. The molecule has 0 fully saturated rings. The molecule has 1 heterocycles. The highest BCUT2D eigenvalue weighted by Gasteiger charge is 2.10. The van der Waals surface area contributed by atoms with Gasteiger partial charge in [-0.15, -0.1) is 0 Å². The molecule has 6 nitrogen and oxygen atoms in total. The van der Waals surface area contributed by atoms with Gasteiger partial charge in [0.1, 0.15) is 10.7 Å². The Morgan fingerprint density at radius 3 is 2.75 bits per heavy atom. The fourth-order valence-electron chi connectivity index (χ4n) is 0.952. The van der Waals surface area contributed by atoms with Crippen LogP contribution in [0.5, 0.6) is 0 Å². The summed E-state index contributed by atoms with van der Waals surface area (Å²) in [6.07, 6.45) is 2.27. The number of esters is 1. The quantitative estimate of drug-likeness (QED) is 0.339. The summed E-state index contributed by atoms with van der Waals surface area (Å²) < 4.78 is 9.63. The first-order valence-electron chi connectivity index (χ1n) is 4.62. The highest BCUT2D eigenvalue weighted by Crippen LogP contribution is 2.16. The van der Waals surface area contributed by atoms with Gasteiger partial charge >= 0.3 is 11.9 Å². The molecular formula is C10H11NO5. The Hall–Kier alpha value is -2.11. The molecule has 0 unspecified atom stereocenters. The first-order chi connectivity index (χ1) is 7.49. The average molecular weight is 225 g/mol. The Morgan fingerprint density at radius 1 is 1.56 bits per heavy atom. The van der Waals surface area contributed by atoms with Crippen LogP contribution in [0.2, 0.25) is 0 Å². The van der Waals surface area contributed by atoms with Gasteiger partial charge in [0.25, 0.3) is 0 Å². The van der Waals surface area contributed by atoms with E-state index < -0.39 is 10.9 Å². The molecule has 16 heavy (non-hydrogen) atoms. The lowest BCUT2D eigenvalue weighted by Crippen LogP contribution is -2.08. The number of nitrogens with zero attached hydrogens (tertiary/aromatic N) is 1. The maximum Gasteiger partial charge on any atom is 0.433 e. The molecule has 0 saturated carbocycles. The van der Waals surface area contributed by atoms with Crippen LogP contribution in [0.15, 0.2) is 22.6 Å². The summed E-state index contributed by atoms with van der Waals surface area (Å²) in [6.45, 7) is 3.45. The van der Waals surface area contributed by atoms with Crippen LogP contribution in [-0.2, 0) is 9.53 Å². The van der Waals surface area contributed by atoms with E-state index in [0.29, 0.717) is 0 Å². The summed E-state index contributed by atoms with van der Waals surface area (Å²) in [5.41, 5.74) is 0. The third-order valence-electron chi connectivity index (χ3n) is 1.53. The van der Waals surface area contributed by atoms with Crippen LogP contribution >= 0.6 is 0 Å². The zero-order chi connectivity index (χ0) is 12.1. The van der Waals surface area contributed by atoms with E-state index in [0.717, 1.165) is 6.08 Å². The molecule has 0 spiro atoms. The van der Waals surface area contributed by atoms with Crippen molar-refractivity contribution in [2.24, 2.45) is 0 Å². The van der Waals surface area contributed by atoms with Crippen LogP contribution in [0.4, 0.5) is 5.88 Å². The van der Waals surface area contributed by atoms with Crippen LogP contribution in [0, 0.1) is 10.1 Å². The Balaban J connectivity index is 2.62. The standard InChI is InChI=1S/C10H11NO5/c1-7(2)15-10(12)6-4-8-3-5-9(16-8)11(13)14/h3-7H,1-2H3. The minimum atomic E-state index is -0.649. The smallest absolute Gasteiger partial charge is 0.433 e. The molecule has 0 atom stereocenters. The van der Waals surface area contributed by atoms with E-state index >= 15 is 0 Å². The zero-order valence-corrected chi connectivity index (χ0v) is 8.88. The van der Waals surface area contributed by atoms with Crippen molar-refractivity contribution in [3.05, 3.63) is 34.1 Å². The van der Waals surface area contributed by atoms with E-state index in [1.54, 1.807) is 13.8 Å². The van der Waals surface area contributed by atoms with E-state index in [2.05, 4.69) is 0 Å². The Bertz CT molecular complexity index is 419. The molecule has 1 rings (SSSR count). The van der Waals surface area contributed by atoms with Crippen LogP contribution in [0.1, 0.15) is 19.6 Å².